The third kappa shape index (κ3) is 5.86. The molecule has 0 radical (unpaired) electrons. The summed E-state index contributed by atoms with van der Waals surface area (Å²) in [6.07, 6.45) is 0. The van der Waals surface area contributed by atoms with Crippen LogP contribution in [0.25, 0.3) is 0 Å². The molecule has 0 bridgehead atoms. The fourth-order valence-corrected chi connectivity index (χ4v) is 2.74. The van der Waals surface area contributed by atoms with E-state index in [4.69, 9.17) is 0 Å². The zero-order valence-corrected chi connectivity index (χ0v) is 16.1. The molecule has 5 nitrogen and oxygen atoms in total. The number of rotatable bonds is 6. The largest absolute Gasteiger partial charge is 0.359 e. The lowest BCUT2D eigenvalue weighted by atomic mass is 9.93. The van der Waals surface area contributed by atoms with E-state index in [1.165, 1.54) is 0 Å². The number of aliphatic imine (C=N–C) groups is 1. The van der Waals surface area contributed by atoms with Gasteiger partial charge in [0.1, 0.15) is 0 Å². The van der Waals surface area contributed by atoms with Crippen molar-refractivity contribution in [2.75, 3.05) is 20.1 Å². The lowest BCUT2D eigenvalue weighted by Gasteiger charge is -2.23. The van der Waals surface area contributed by atoms with Crippen LogP contribution in [0.5, 0.6) is 0 Å². The molecule has 1 aromatic carbocycles. The first-order chi connectivity index (χ1) is 10.8. The molecule has 0 aliphatic heterocycles. The minimum absolute atomic E-state index is 0.0176. The Hall–Kier alpha value is -1.56. The third-order valence-corrected chi connectivity index (χ3v) is 4.27. The quantitative estimate of drug-likeness (QED) is 0.523. The standard InChI is InChI=1S/C17H27BrN4O/c1-6-20-16(21-11-17(3,4)15(23)19-5)22-12(2)13-9-7-8-10-14(13)18/h7-10,12H,6,11H2,1-5H3,(H,19,23)(H2,20,21,22). The first-order valence-corrected chi connectivity index (χ1v) is 8.62. The van der Waals surface area contributed by atoms with Crippen molar-refractivity contribution in [2.24, 2.45) is 10.4 Å². The minimum atomic E-state index is -0.548. The fraction of sp³-hybridized carbons (Fsp3) is 0.529. The Kier molecular flexibility index (Phi) is 7.55. The molecule has 1 atom stereocenters. The van der Waals surface area contributed by atoms with E-state index in [9.17, 15) is 4.79 Å². The first kappa shape index (κ1) is 19.5. The van der Waals surface area contributed by atoms with E-state index in [1.54, 1.807) is 7.05 Å². The topological polar surface area (TPSA) is 65.5 Å². The van der Waals surface area contributed by atoms with Crippen LogP contribution in [0.4, 0.5) is 0 Å². The SMILES string of the molecule is CCNC(=NCC(C)(C)C(=O)NC)NC(C)c1ccccc1Br. The molecule has 0 aromatic heterocycles. The summed E-state index contributed by atoms with van der Waals surface area (Å²) >= 11 is 3.57. The minimum Gasteiger partial charge on any atom is -0.359 e. The summed E-state index contributed by atoms with van der Waals surface area (Å²) in [5.41, 5.74) is 0.608. The maximum Gasteiger partial charge on any atom is 0.227 e. The maximum absolute atomic E-state index is 11.9. The number of guanidine groups is 1. The number of nitrogens with one attached hydrogen (secondary N) is 3. The highest BCUT2D eigenvalue weighted by atomic mass is 79.9. The van der Waals surface area contributed by atoms with E-state index in [1.807, 2.05) is 39.0 Å². The highest BCUT2D eigenvalue weighted by Crippen LogP contribution is 2.22. The Morgan fingerprint density at radius 3 is 2.57 bits per heavy atom. The van der Waals surface area contributed by atoms with Crippen LogP contribution in [0.3, 0.4) is 0 Å². The Balaban J connectivity index is 2.84. The Bertz CT molecular complexity index is 557. The highest BCUT2D eigenvalue weighted by molar-refractivity contribution is 9.10. The molecular weight excluding hydrogens is 356 g/mol. The van der Waals surface area contributed by atoms with Gasteiger partial charge in [-0.05, 0) is 39.3 Å². The smallest absolute Gasteiger partial charge is 0.227 e. The Labute approximate surface area is 147 Å². The van der Waals surface area contributed by atoms with Gasteiger partial charge in [-0.25, -0.2) is 0 Å². The van der Waals surface area contributed by atoms with Crippen LogP contribution in [0.1, 0.15) is 39.3 Å². The van der Waals surface area contributed by atoms with E-state index in [-0.39, 0.29) is 11.9 Å². The van der Waals surface area contributed by atoms with E-state index < -0.39 is 5.41 Å². The summed E-state index contributed by atoms with van der Waals surface area (Å²) in [5.74, 6) is 0.684. The number of hydrogen-bond acceptors (Lipinski definition) is 2. The molecule has 0 fully saturated rings. The molecule has 0 spiro atoms. The third-order valence-electron chi connectivity index (χ3n) is 3.54. The molecule has 23 heavy (non-hydrogen) atoms. The highest BCUT2D eigenvalue weighted by Gasteiger charge is 2.26. The van der Waals surface area contributed by atoms with Gasteiger partial charge in [0.2, 0.25) is 5.91 Å². The second kappa shape index (κ2) is 8.91. The predicted molar refractivity (Wildman–Crippen MR) is 99.5 cm³/mol. The van der Waals surface area contributed by atoms with Crippen molar-refractivity contribution < 1.29 is 4.79 Å². The number of nitrogens with zero attached hydrogens (tertiary/aromatic N) is 1. The molecule has 0 heterocycles. The normalized spacial score (nSPS) is 13.4. The number of carbonyl (C=O) groups excluding carboxylic acids is 1. The van der Waals surface area contributed by atoms with Gasteiger partial charge in [-0.15, -0.1) is 0 Å². The van der Waals surface area contributed by atoms with Crippen molar-refractivity contribution in [3.63, 3.8) is 0 Å². The van der Waals surface area contributed by atoms with Crippen LogP contribution in [0, 0.1) is 5.41 Å². The molecule has 0 saturated carbocycles. The molecule has 6 heteroatoms. The molecule has 1 aromatic rings. The maximum atomic E-state index is 11.9. The zero-order chi connectivity index (χ0) is 17.5. The van der Waals surface area contributed by atoms with E-state index in [2.05, 4.69) is 49.9 Å². The van der Waals surface area contributed by atoms with Crippen molar-refractivity contribution in [1.29, 1.82) is 0 Å². The molecule has 0 saturated heterocycles. The van der Waals surface area contributed by atoms with Gasteiger partial charge in [-0.2, -0.15) is 0 Å². The van der Waals surface area contributed by atoms with Crippen LogP contribution in [0.2, 0.25) is 0 Å². The van der Waals surface area contributed by atoms with Crippen LogP contribution in [-0.4, -0.2) is 32.0 Å². The number of halogens is 1. The average Bonchev–Trinajstić information content (AvgIpc) is 2.52. The Morgan fingerprint density at radius 2 is 2.00 bits per heavy atom. The van der Waals surface area contributed by atoms with E-state index in [0.717, 1.165) is 16.6 Å². The van der Waals surface area contributed by atoms with Crippen LogP contribution >= 0.6 is 15.9 Å². The van der Waals surface area contributed by atoms with Gasteiger partial charge in [-0.3, -0.25) is 9.79 Å². The molecule has 1 amide bonds. The van der Waals surface area contributed by atoms with Gasteiger partial charge in [0.25, 0.3) is 0 Å². The van der Waals surface area contributed by atoms with Gasteiger partial charge in [0.15, 0.2) is 5.96 Å². The molecular formula is C17H27BrN4O. The predicted octanol–water partition coefficient (Wildman–Crippen LogP) is 2.84. The van der Waals surface area contributed by atoms with Crippen LogP contribution in [-0.2, 0) is 4.79 Å². The number of carbonyl (C=O) groups is 1. The molecule has 0 aliphatic carbocycles. The van der Waals surface area contributed by atoms with Gasteiger partial charge >= 0.3 is 0 Å². The average molecular weight is 383 g/mol. The number of benzene rings is 1. The van der Waals surface area contributed by atoms with Crippen LogP contribution < -0.4 is 16.0 Å². The van der Waals surface area contributed by atoms with E-state index in [0.29, 0.717) is 12.5 Å². The summed E-state index contributed by atoms with van der Waals surface area (Å²) in [7, 11) is 1.65. The van der Waals surface area contributed by atoms with Crippen LogP contribution in [0.15, 0.2) is 33.7 Å². The summed E-state index contributed by atoms with van der Waals surface area (Å²) in [5, 5.41) is 9.29. The fourth-order valence-electron chi connectivity index (χ4n) is 2.12. The monoisotopic (exact) mass is 382 g/mol. The second-order valence-electron chi connectivity index (χ2n) is 6.05. The van der Waals surface area contributed by atoms with Crippen molar-refractivity contribution >= 4 is 27.8 Å². The summed E-state index contributed by atoms with van der Waals surface area (Å²) in [6, 6.07) is 8.18. The van der Waals surface area contributed by atoms with Gasteiger partial charge in [-0.1, -0.05) is 34.1 Å². The molecule has 1 rings (SSSR count). The summed E-state index contributed by atoms with van der Waals surface area (Å²) < 4.78 is 1.06. The van der Waals surface area contributed by atoms with Gasteiger partial charge in [0.05, 0.1) is 18.0 Å². The lowest BCUT2D eigenvalue weighted by molar-refractivity contribution is -0.128. The van der Waals surface area contributed by atoms with Gasteiger partial charge < -0.3 is 16.0 Å². The number of amides is 1. The van der Waals surface area contributed by atoms with Crippen molar-refractivity contribution in [3.05, 3.63) is 34.3 Å². The van der Waals surface area contributed by atoms with Crippen molar-refractivity contribution in [3.8, 4) is 0 Å². The molecule has 1 unspecified atom stereocenters. The first-order valence-electron chi connectivity index (χ1n) is 7.83. The van der Waals surface area contributed by atoms with Gasteiger partial charge in [0, 0.05) is 18.1 Å². The molecule has 0 aliphatic rings. The van der Waals surface area contributed by atoms with Crippen molar-refractivity contribution in [1.82, 2.24) is 16.0 Å². The molecule has 128 valence electrons. The zero-order valence-electron chi connectivity index (χ0n) is 14.5. The lowest BCUT2D eigenvalue weighted by Crippen LogP contribution is -2.41. The summed E-state index contributed by atoms with van der Waals surface area (Å²) in [6.45, 7) is 9.03. The second-order valence-corrected chi connectivity index (χ2v) is 6.90. The molecule has 3 N–H and O–H groups in total. The van der Waals surface area contributed by atoms with Crippen molar-refractivity contribution in [2.45, 2.75) is 33.7 Å². The number of hydrogen-bond donors (Lipinski definition) is 3. The Morgan fingerprint density at radius 1 is 1.35 bits per heavy atom. The summed E-state index contributed by atoms with van der Waals surface area (Å²) in [4.78, 5) is 16.4. The van der Waals surface area contributed by atoms with E-state index >= 15 is 0 Å².